The number of hydrogen-bond donors (Lipinski definition) is 1. The normalized spacial score (nSPS) is 11.7. The van der Waals surface area contributed by atoms with E-state index in [1.54, 1.807) is 25.1 Å². The van der Waals surface area contributed by atoms with Crippen LogP contribution >= 0.6 is 23.2 Å². The molecule has 1 rings (SSSR count). The second kappa shape index (κ2) is 5.26. The van der Waals surface area contributed by atoms with Gasteiger partial charge in [-0.15, -0.1) is 11.8 Å². The third-order valence-corrected chi connectivity index (χ3v) is 2.65. The number of rotatable bonds is 2. The van der Waals surface area contributed by atoms with Gasteiger partial charge in [-0.3, -0.25) is 0 Å². The zero-order chi connectivity index (χ0) is 10.6. The fourth-order valence-corrected chi connectivity index (χ4v) is 1.52. The molecule has 0 fully saturated rings. The molecule has 0 saturated heterocycles. The van der Waals surface area contributed by atoms with E-state index in [0.29, 0.717) is 22.0 Å². The maximum absolute atomic E-state index is 9.71. The minimum Gasteiger partial charge on any atom is -0.387 e. The molecule has 1 nitrogen and oxygen atoms in total. The van der Waals surface area contributed by atoms with Gasteiger partial charge in [-0.25, -0.2) is 0 Å². The quantitative estimate of drug-likeness (QED) is 0.770. The number of halogens is 2. The van der Waals surface area contributed by atoms with Crippen molar-refractivity contribution in [2.24, 2.45) is 0 Å². The summed E-state index contributed by atoms with van der Waals surface area (Å²) in [5.41, 5.74) is 0.627. The highest BCUT2D eigenvalue weighted by Crippen LogP contribution is 2.30. The van der Waals surface area contributed by atoms with Crippen molar-refractivity contribution >= 4 is 23.2 Å². The third kappa shape index (κ3) is 2.65. The average Bonchev–Trinajstić information content (AvgIpc) is 2.18. The van der Waals surface area contributed by atoms with Gasteiger partial charge in [0.1, 0.15) is 0 Å². The van der Waals surface area contributed by atoms with Crippen molar-refractivity contribution in [3.63, 3.8) is 0 Å². The molecule has 0 bridgehead atoms. The van der Waals surface area contributed by atoms with E-state index in [-0.39, 0.29) is 0 Å². The molecule has 0 aliphatic heterocycles. The van der Waals surface area contributed by atoms with Gasteiger partial charge < -0.3 is 5.11 Å². The minimum absolute atomic E-state index is 0.372. The van der Waals surface area contributed by atoms with Crippen LogP contribution < -0.4 is 0 Å². The first-order chi connectivity index (χ1) is 6.66. The lowest BCUT2D eigenvalue weighted by Crippen LogP contribution is -1.97. The first kappa shape index (κ1) is 11.4. The van der Waals surface area contributed by atoms with E-state index in [9.17, 15) is 5.11 Å². The number of aliphatic hydroxyl groups is 1. The second-order valence-corrected chi connectivity index (χ2v) is 3.57. The molecule has 0 aliphatic carbocycles. The Bertz CT molecular complexity index is 377. The van der Waals surface area contributed by atoms with Crippen LogP contribution in [-0.4, -0.2) is 5.11 Å². The molecule has 1 N–H and O–H groups in total. The molecular weight excluding hydrogens is 219 g/mol. The summed E-state index contributed by atoms with van der Waals surface area (Å²) in [6.45, 7) is 1.73. The summed E-state index contributed by atoms with van der Waals surface area (Å²) >= 11 is 11.7. The standard InChI is InChI=1S/C11H10Cl2O/c1-2-3-7-10(14)8-5-4-6-9(12)11(8)13/h4-6,10,14H,7H2,1H3. The van der Waals surface area contributed by atoms with E-state index >= 15 is 0 Å². The van der Waals surface area contributed by atoms with Crippen LogP contribution in [0.5, 0.6) is 0 Å². The summed E-state index contributed by atoms with van der Waals surface area (Å²) in [7, 11) is 0. The molecule has 0 radical (unpaired) electrons. The molecule has 0 aliphatic rings. The van der Waals surface area contributed by atoms with Crippen LogP contribution in [0.15, 0.2) is 18.2 Å². The van der Waals surface area contributed by atoms with Gasteiger partial charge in [-0.2, -0.15) is 0 Å². The van der Waals surface area contributed by atoms with Crippen molar-refractivity contribution in [1.29, 1.82) is 0 Å². The maximum Gasteiger partial charge on any atom is 0.0914 e. The van der Waals surface area contributed by atoms with Crippen LogP contribution in [0.4, 0.5) is 0 Å². The Morgan fingerprint density at radius 1 is 1.43 bits per heavy atom. The Hall–Kier alpha value is -0.680. The molecule has 0 heterocycles. The van der Waals surface area contributed by atoms with E-state index in [4.69, 9.17) is 23.2 Å². The van der Waals surface area contributed by atoms with Gasteiger partial charge in [0.2, 0.25) is 0 Å². The number of benzene rings is 1. The molecule has 0 saturated carbocycles. The SMILES string of the molecule is CC#CCC(O)c1cccc(Cl)c1Cl. The smallest absolute Gasteiger partial charge is 0.0914 e. The molecule has 0 amide bonds. The van der Waals surface area contributed by atoms with Crippen LogP contribution in [0.25, 0.3) is 0 Å². The van der Waals surface area contributed by atoms with Crippen molar-refractivity contribution in [2.75, 3.05) is 0 Å². The molecule has 3 heteroatoms. The molecule has 0 spiro atoms. The van der Waals surface area contributed by atoms with Gasteiger partial charge in [0, 0.05) is 12.0 Å². The topological polar surface area (TPSA) is 20.2 Å². The Morgan fingerprint density at radius 3 is 2.79 bits per heavy atom. The molecule has 1 unspecified atom stereocenters. The molecule has 1 atom stereocenters. The van der Waals surface area contributed by atoms with Crippen LogP contribution in [0.3, 0.4) is 0 Å². The molecule has 1 aromatic carbocycles. The summed E-state index contributed by atoms with van der Waals surface area (Å²) in [5, 5.41) is 10.6. The van der Waals surface area contributed by atoms with E-state index in [2.05, 4.69) is 11.8 Å². The highest BCUT2D eigenvalue weighted by atomic mass is 35.5. The zero-order valence-corrected chi connectivity index (χ0v) is 9.23. The predicted octanol–water partition coefficient (Wildman–Crippen LogP) is 3.44. The van der Waals surface area contributed by atoms with Crippen LogP contribution in [-0.2, 0) is 0 Å². The van der Waals surface area contributed by atoms with E-state index in [1.165, 1.54) is 0 Å². The highest BCUT2D eigenvalue weighted by Gasteiger charge is 2.11. The Labute approximate surface area is 93.7 Å². The number of hydrogen-bond acceptors (Lipinski definition) is 1. The van der Waals surface area contributed by atoms with Crippen molar-refractivity contribution in [2.45, 2.75) is 19.4 Å². The molecule has 14 heavy (non-hydrogen) atoms. The Balaban J connectivity index is 2.93. The van der Waals surface area contributed by atoms with Crippen LogP contribution in [0, 0.1) is 11.8 Å². The van der Waals surface area contributed by atoms with Crippen LogP contribution in [0.1, 0.15) is 25.0 Å². The van der Waals surface area contributed by atoms with Crippen molar-refractivity contribution < 1.29 is 5.11 Å². The van der Waals surface area contributed by atoms with Crippen molar-refractivity contribution in [3.8, 4) is 11.8 Å². The van der Waals surface area contributed by atoms with Gasteiger partial charge in [0.15, 0.2) is 0 Å². The zero-order valence-electron chi connectivity index (χ0n) is 7.72. The van der Waals surface area contributed by atoms with Gasteiger partial charge in [0.05, 0.1) is 16.1 Å². The van der Waals surface area contributed by atoms with Gasteiger partial charge in [-0.05, 0) is 13.0 Å². The van der Waals surface area contributed by atoms with Crippen molar-refractivity contribution in [1.82, 2.24) is 0 Å². The Kier molecular flexibility index (Phi) is 4.28. The van der Waals surface area contributed by atoms with E-state index in [1.807, 2.05) is 0 Å². The lowest BCUT2D eigenvalue weighted by Gasteiger charge is -2.10. The Morgan fingerprint density at radius 2 is 2.14 bits per heavy atom. The largest absolute Gasteiger partial charge is 0.387 e. The van der Waals surface area contributed by atoms with Crippen molar-refractivity contribution in [3.05, 3.63) is 33.8 Å². The summed E-state index contributed by atoms with van der Waals surface area (Å²) in [6.07, 6.45) is -0.301. The predicted molar refractivity (Wildman–Crippen MR) is 59.5 cm³/mol. The van der Waals surface area contributed by atoms with E-state index in [0.717, 1.165) is 0 Å². The fraction of sp³-hybridized carbons (Fsp3) is 0.273. The summed E-state index contributed by atoms with van der Waals surface area (Å²) in [5.74, 6) is 5.51. The van der Waals surface area contributed by atoms with Crippen LogP contribution in [0.2, 0.25) is 10.0 Å². The lowest BCUT2D eigenvalue weighted by atomic mass is 10.1. The molecule has 1 aromatic rings. The monoisotopic (exact) mass is 228 g/mol. The van der Waals surface area contributed by atoms with E-state index < -0.39 is 6.10 Å². The summed E-state index contributed by atoms with van der Waals surface area (Å²) in [6, 6.07) is 5.19. The third-order valence-electron chi connectivity index (χ3n) is 1.81. The van der Waals surface area contributed by atoms with Gasteiger partial charge >= 0.3 is 0 Å². The maximum atomic E-state index is 9.71. The number of aliphatic hydroxyl groups excluding tert-OH is 1. The lowest BCUT2D eigenvalue weighted by molar-refractivity contribution is 0.184. The minimum atomic E-state index is -0.673. The highest BCUT2D eigenvalue weighted by molar-refractivity contribution is 6.42. The first-order valence-electron chi connectivity index (χ1n) is 4.18. The van der Waals surface area contributed by atoms with Gasteiger partial charge in [-0.1, -0.05) is 35.3 Å². The molecular formula is C11H10Cl2O. The molecule has 74 valence electrons. The summed E-state index contributed by atoms with van der Waals surface area (Å²) < 4.78 is 0. The first-order valence-corrected chi connectivity index (χ1v) is 4.94. The summed E-state index contributed by atoms with van der Waals surface area (Å²) in [4.78, 5) is 0. The van der Waals surface area contributed by atoms with Gasteiger partial charge in [0.25, 0.3) is 0 Å². The fourth-order valence-electron chi connectivity index (χ4n) is 1.09. The molecule has 0 aromatic heterocycles. The second-order valence-electron chi connectivity index (χ2n) is 2.79. The average molecular weight is 229 g/mol.